The fourth-order valence-corrected chi connectivity index (χ4v) is 10.5. The SMILES string of the molecule is CCCCCCCCCC/C=C\CCCCCCCCCCCCCC(=O)OC(COC(=O)CCCCCCCCCCCCCCCCCCCCCCCCCCCCCCCC)COC(OCC[N+](C)(C)C)C(=O)O. The van der Waals surface area contributed by atoms with Crippen molar-refractivity contribution in [2.75, 3.05) is 47.5 Å². The molecule has 0 fully saturated rings. The number of esters is 2. The number of hydrogen-bond acceptors (Lipinski definition) is 7. The molecule has 0 aliphatic carbocycles. The summed E-state index contributed by atoms with van der Waals surface area (Å²) in [5.41, 5.74) is 0. The van der Waals surface area contributed by atoms with E-state index < -0.39 is 18.4 Å². The van der Waals surface area contributed by atoms with Gasteiger partial charge in [-0.05, 0) is 38.5 Å². The van der Waals surface area contributed by atoms with E-state index in [9.17, 15) is 19.5 Å². The maximum Gasteiger partial charge on any atom is 0.361 e. The van der Waals surface area contributed by atoms with Gasteiger partial charge in [-0.1, -0.05) is 315 Å². The van der Waals surface area contributed by atoms with Gasteiger partial charge < -0.3 is 28.5 Å². The van der Waals surface area contributed by atoms with Gasteiger partial charge in [0, 0.05) is 12.8 Å². The van der Waals surface area contributed by atoms with Crippen molar-refractivity contribution in [2.45, 2.75) is 367 Å². The summed E-state index contributed by atoms with van der Waals surface area (Å²) in [5, 5.41) is 9.73. The molecule has 0 heterocycles. The van der Waals surface area contributed by atoms with Crippen LogP contribution in [0, 0.1) is 0 Å². The van der Waals surface area contributed by atoms with Crippen molar-refractivity contribution >= 4 is 17.9 Å². The average Bonchev–Trinajstić information content (AvgIpc) is 3.41. The van der Waals surface area contributed by atoms with Gasteiger partial charge >= 0.3 is 17.9 Å². The number of rotatable bonds is 65. The largest absolute Gasteiger partial charge is 0.477 e. The van der Waals surface area contributed by atoms with Crippen LogP contribution < -0.4 is 0 Å². The highest BCUT2D eigenvalue weighted by Crippen LogP contribution is 2.19. The molecule has 0 bridgehead atoms. The molecule has 0 aliphatic heterocycles. The molecule has 2 unspecified atom stereocenters. The molecule has 1 N–H and O–H groups in total. The number of aliphatic carboxylic acids is 1. The van der Waals surface area contributed by atoms with E-state index in [1.54, 1.807) is 0 Å². The molecule has 0 aliphatic rings. The van der Waals surface area contributed by atoms with Gasteiger partial charge in [-0.25, -0.2) is 4.79 Å². The summed E-state index contributed by atoms with van der Waals surface area (Å²) in [5.74, 6) is -1.97. The highest BCUT2D eigenvalue weighted by molar-refractivity contribution is 5.71. The fourth-order valence-electron chi connectivity index (χ4n) is 10.5. The Bertz CT molecular complexity index is 1280. The molecular weight excluding hydrogens is 971 g/mol. The third kappa shape index (κ3) is 61.6. The maximum atomic E-state index is 12.9. The molecule has 0 amide bonds. The first-order valence-corrected chi connectivity index (χ1v) is 34.4. The number of quaternary nitrogens is 1. The number of carboxylic acids is 1. The lowest BCUT2D eigenvalue weighted by molar-refractivity contribution is -0.870. The molecular formula is C69H134NO8+. The van der Waals surface area contributed by atoms with Gasteiger partial charge in [0.05, 0.1) is 34.4 Å². The number of likely N-dealkylation sites (N-methyl/N-ethyl adjacent to an activating group) is 1. The van der Waals surface area contributed by atoms with Crippen molar-refractivity contribution in [2.24, 2.45) is 0 Å². The number of carbonyl (C=O) groups excluding carboxylic acids is 2. The Labute approximate surface area is 485 Å². The first-order valence-electron chi connectivity index (χ1n) is 34.4. The lowest BCUT2D eigenvalue weighted by Crippen LogP contribution is -2.40. The van der Waals surface area contributed by atoms with E-state index in [2.05, 4.69) is 26.0 Å². The van der Waals surface area contributed by atoms with Crippen LogP contribution in [0.5, 0.6) is 0 Å². The molecule has 0 aromatic heterocycles. The first-order chi connectivity index (χ1) is 38.1. The zero-order valence-corrected chi connectivity index (χ0v) is 52.9. The molecule has 0 aromatic rings. The molecule has 2 atom stereocenters. The van der Waals surface area contributed by atoms with Crippen molar-refractivity contribution in [3.8, 4) is 0 Å². The highest BCUT2D eigenvalue weighted by Gasteiger charge is 2.25. The number of hydrogen-bond donors (Lipinski definition) is 1. The predicted octanol–water partition coefficient (Wildman–Crippen LogP) is 20.9. The summed E-state index contributed by atoms with van der Waals surface area (Å²) in [6, 6.07) is 0. The van der Waals surface area contributed by atoms with Crippen LogP contribution in [0.25, 0.3) is 0 Å². The van der Waals surface area contributed by atoms with Crippen molar-refractivity contribution in [1.29, 1.82) is 0 Å². The summed E-state index contributed by atoms with van der Waals surface area (Å²) in [6.45, 7) is 4.95. The van der Waals surface area contributed by atoms with E-state index in [1.807, 2.05) is 21.1 Å². The Morgan fingerprint density at radius 2 is 0.654 bits per heavy atom. The van der Waals surface area contributed by atoms with Crippen LogP contribution in [-0.2, 0) is 33.3 Å². The van der Waals surface area contributed by atoms with Gasteiger partial charge in [0.2, 0.25) is 0 Å². The molecule has 0 rings (SSSR count). The van der Waals surface area contributed by atoms with Crippen molar-refractivity contribution < 1.29 is 42.9 Å². The average molecular weight is 1110 g/mol. The number of ether oxygens (including phenoxy) is 4. The van der Waals surface area contributed by atoms with Gasteiger partial charge in [-0.15, -0.1) is 0 Å². The zero-order chi connectivity index (χ0) is 56.9. The quantitative estimate of drug-likeness (QED) is 0.0211. The molecule has 0 saturated carbocycles. The second kappa shape index (κ2) is 61.1. The lowest BCUT2D eigenvalue weighted by Gasteiger charge is -2.25. The van der Waals surface area contributed by atoms with E-state index in [0.29, 0.717) is 17.4 Å². The summed E-state index contributed by atoms with van der Waals surface area (Å²) >= 11 is 0. The van der Waals surface area contributed by atoms with Crippen molar-refractivity contribution in [3.63, 3.8) is 0 Å². The van der Waals surface area contributed by atoms with Gasteiger partial charge in [0.1, 0.15) is 13.2 Å². The minimum absolute atomic E-state index is 0.175. The number of carboxylic acid groups (broad SMARTS) is 1. The number of allylic oxidation sites excluding steroid dienone is 2. The second-order valence-corrected chi connectivity index (χ2v) is 24.8. The molecule has 0 radical (unpaired) electrons. The summed E-state index contributed by atoms with van der Waals surface area (Å²) in [6.07, 6.45) is 70.4. The topological polar surface area (TPSA) is 108 Å². The van der Waals surface area contributed by atoms with Crippen molar-refractivity contribution in [3.05, 3.63) is 12.2 Å². The fraction of sp³-hybridized carbons (Fsp3) is 0.928. The smallest absolute Gasteiger partial charge is 0.361 e. The normalized spacial score (nSPS) is 12.7. The highest BCUT2D eigenvalue weighted by atomic mass is 16.7. The van der Waals surface area contributed by atoms with Gasteiger partial charge in [-0.3, -0.25) is 9.59 Å². The molecule has 9 nitrogen and oxygen atoms in total. The Morgan fingerprint density at radius 3 is 0.949 bits per heavy atom. The Kier molecular flexibility index (Phi) is 59.6. The number of carbonyl (C=O) groups is 3. The summed E-state index contributed by atoms with van der Waals surface area (Å²) in [7, 11) is 5.99. The molecule has 9 heteroatoms. The third-order valence-electron chi connectivity index (χ3n) is 15.8. The second-order valence-electron chi connectivity index (χ2n) is 24.8. The van der Waals surface area contributed by atoms with Crippen LogP contribution in [0.2, 0.25) is 0 Å². The summed E-state index contributed by atoms with van der Waals surface area (Å²) < 4.78 is 23.0. The van der Waals surface area contributed by atoms with Gasteiger partial charge in [0.25, 0.3) is 6.29 Å². The molecule has 0 saturated heterocycles. The van der Waals surface area contributed by atoms with Gasteiger partial charge in [0.15, 0.2) is 6.10 Å². The first kappa shape index (κ1) is 76.0. The van der Waals surface area contributed by atoms with Crippen LogP contribution in [-0.4, -0.2) is 87.4 Å². The standard InChI is InChI=1S/C69H133NO8/c1-6-8-10-12-14-16-18-20-22-24-26-28-30-31-32-33-34-35-36-38-39-41-43-45-47-49-51-53-55-57-59-66(71)76-63-65(64-77-69(68(73)74)75-62-61-70(3,4)5)78-67(72)60-58-56-54-52-50-48-46-44-42-40-37-29-27-25-23-21-19-17-15-13-11-9-7-2/h25,27,65,69H,6-24,26,28-64H2,1-5H3/p+1/b27-25-. The predicted molar refractivity (Wildman–Crippen MR) is 332 cm³/mol. The molecule has 0 aromatic carbocycles. The minimum atomic E-state index is -1.51. The molecule has 0 spiro atoms. The van der Waals surface area contributed by atoms with Crippen LogP contribution in [0.4, 0.5) is 0 Å². The molecule has 462 valence electrons. The van der Waals surface area contributed by atoms with E-state index in [4.69, 9.17) is 18.9 Å². The van der Waals surface area contributed by atoms with Crippen LogP contribution in [0.15, 0.2) is 12.2 Å². The number of nitrogens with zero attached hydrogens (tertiary/aromatic N) is 1. The Morgan fingerprint density at radius 1 is 0.372 bits per heavy atom. The lowest BCUT2D eigenvalue weighted by atomic mass is 10.0. The Balaban J connectivity index is 4.06. The van der Waals surface area contributed by atoms with E-state index in [0.717, 1.165) is 38.5 Å². The van der Waals surface area contributed by atoms with Crippen LogP contribution >= 0.6 is 0 Å². The Hall–Kier alpha value is -1.97. The maximum absolute atomic E-state index is 12.9. The number of unbranched alkanes of at least 4 members (excludes halogenated alkanes) is 48. The zero-order valence-electron chi connectivity index (χ0n) is 52.9. The van der Waals surface area contributed by atoms with Crippen molar-refractivity contribution in [1.82, 2.24) is 0 Å². The third-order valence-corrected chi connectivity index (χ3v) is 15.8. The monoisotopic (exact) mass is 1110 g/mol. The molecule has 78 heavy (non-hydrogen) atoms. The van der Waals surface area contributed by atoms with Crippen LogP contribution in [0.1, 0.15) is 354 Å². The van der Waals surface area contributed by atoms with E-state index >= 15 is 0 Å². The summed E-state index contributed by atoms with van der Waals surface area (Å²) in [4.78, 5) is 37.6. The van der Waals surface area contributed by atoms with E-state index in [1.165, 1.54) is 289 Å². The van der Waals surface area contributed by atoms with E-state index in [-0.39, 0.29) is 38.2 Å². The van der Waals surface area contributed by atoms with Crippen LogP contribution in [0.3, 0.4) is 0 Å². The minimum Gasteiger partial charge on any atom is -0.477 e. The van der Waals surface area contributed by atoms with Gasteiger partial charge in [-0.2, -0.15) is 0 Å².